The molecule has 0 aliphatic carbocycles. The topological polar surface area (TPSA) is 93.4 Å². The fraction of sp³-hybridized carbons (Fsp3) is 0.385. The molecule has 1 aromatic heterocycles. The van der Waals surface area contributed by atoms with Crippen molar-refractivity contribution >= 4 is 11.9 Å². The molecule has 2 aromatic rings. The van der Waals surface area contributed by atoms with Crippen molar-refractivity contribution in [2.45, 2.75) is 12.5 Å². The van der Waals surface area contributed by atoms with Gasteiger partial charge in [0.05, 0.1) is 24.8 Å². The van der Waals surface area contributed by atoms with Gasteiger partial charge >= 0.3 is 5.97 Å². The number of tetrazole rings is 1. The van der Waals surface area contributed by atoms with Crippen LogP contribution in [0.25, 0.3) is 5.69 Å². The van der Waals surface area contributed by atoms with Gasteiger partial charge in [-0.15, -0.1) is 0 Å². The molecule has 8 nitrogen and oxygen atoms in total. The van der Waals surface area contributed by atoms with Crippen molar-refractivity contribution in [1.82, 2.24) is 20.2 Å². The summed E-state index contributed by atoms with van der Waals surface area (Å²) in [4.78, 5) is 12.8. The Morgan fingerprint density at radius 3 is 2.95 bits per heavy atom. The SMILES string of the molecule is O=C(O)CC1CN(c2nnnn2-c2ccccc2)CCO1. The van der Waals surface area contributed by atoms with Gasteiger partial charge in [-0.1, -0.05) is 23.3 Å². The van der Waals surface area contributed by atoms with Gasteiger partial charge < -0.3 is 14.7 Å². The van der Waals surface area contributed by atoms with Crippen LogP contribution >= 0.6 is 0 Å². The maximum atomic E-state index is 10.8. The lowest BCUT2D eigenvalue weighted by molar-refractivity contribution is -0.140. The second-order valence-electron chi connectivity index (χ2n) is 4.76. The van der Waals surface area contributed by atoms with Gasteiger partial charge in [-0.2, -0.15) is 4.68 Å². The number of aromatic nitrogens is 4. The zero-order valence-corrected chi connectivity index (χ0v) is 11.3. The summed E-state index contributed by atoms with van der Waals surface area (Å²) >= 11 is 0. The van der Waals surface area contributed by atoms with Gasteiger partial charge in [0.2, 0.25) is 0 Å². The zero-order chi connectivity index (χ0) is 14.7. The van der Waals surface area contributed by atoms with Crippen molar-refractivity contribution in [1.29, 1.82) is 0 Å². The summed E-state index contributed by atoms with van der Waals surface area (Å²) < 4.78 is 7.10. The number of carboxylic acids is 1. The number of para-hydroxylation sites is 1. The van der Waals surface area contributed by atoms with E-state index < -0.39 is 5.97 Å². The largest absolute Gasteiger partial charge is 0.481 e. The van der Waals surface area contributed by atoms with Crippen LogP contribution < -0.4 is 4.90 Å². The van der Waals surface area contributed by atoms with E-state index >= 15 is 0 Å². The Morgan fingerprint density at radius 1 is 1.38 bits per heavy atom. The van der Waals surface area contributed by atoms with E-state index in [2.05, 4.69) is 15.5 Å². The predicted octanol–water partition coefficient (Wildman–Crippen LogP) is 0.342. The number of hydrogen-bond donors (Lipinski definition) is 1. The van der Waals surface area contributed by atoms with E-state index in [1.807, 2.05) is 35.2 Å². The molecular weight excluding hydrogens is 274 g/mol. The van der Waals surface area contributed by atoms with Gasteiger partial charge in [-0.25, -0.2) is 0 Å². The molecule has 2 heterocycles. The molecule has 1 aliphatic rings. The van der Waals surface area contributed by atoms with Crippen molar-refractivity contribution in [2.24, 2.45) is 0 Å². The Hall–Kier alpha value is -2.48. The Morgan fingerprint density at radius 2 is 2.19 bits per heavy atom. The minimum Gasteiger partial charge on any atom is -0.481 e. The molecule has 1 unspecified atom stereocenters. The monoisotopic (exact) mass is 289 g/mol. The molecule has 3 rings (SSSR count). The van der Waals surface area contributed by atoms with Crippen LogP contribution in [0.2, 0.25) is 0 Å². The number of carbonyl (C=O) groups is 1. The first-order valence-electron chi connectivity index (χ1n) is 6.66. The normalized spacial score (nSPS) is 18.7. The highest BCUT2D eigenvalue weighted by molar-refractivity contribution is 5.67. The van der Waals surface area contributed by atoms with Gasteiger partial charge in [0.15, 0.2) is 0 Å². The van der Waals surface area contributed by atoms with Crippen LogP contribution in [0.5, 0.6) is 0 Å². The molecule has 1 aliphatic heterocycles. The molecule has 1 atom stereocenters. The molecule has 0 spiro atoms. The molecule has 21 heavy (non-hydrogen) atoms. The van der Waals surface area contributed by atoms with Gasteiger partial charge in [-0.3, -0.25) is 4.79 Å². The predicted molar refractivity (Wildman–Crippen MR) is 73.4 cm³/mol. The van der Waals surface area contributed by atoms with E-state index in [4.69, 9.17) is 9.84 Å². The van der Waals surface area contributed by atoms with Gasteiger partial charge in [0.25, 0.3) is 5.95 Å². The summed E-state index contributed by atoms with van der Waals surface area (Å²) in [6.07, 6.45) is -0.374. The Labute approximate surface area is 120 Å². The van der Waals surface area contributed by atoms with E-state index in [1.54, 1.807) is 4.68 Å². The molecule has 110 valence electrons. The minimum absolute atomic E-state index is 0.0244. The summed E-state index contributed by atoms with van der Waals surface area (Å²) in [5, 5.41) is 20.7. The number of rotatable bonds is 4. The van der Waals surface area contributed by atoms with Crippen LogP contribution in [0.15, 0.2) is 30.3 Å². The maximum absolute atomic E-state index is 10.8. The highest BCUT2D eigenvalue weighted by atomic mass is 16.5. The number of carboxylic acid groups (broad SMARTS) is 1. The first-order valence-corrected chi connectivity index (χ1v) is 6.66. The molecule has 8 heteroatoms. The molecule has 1 aromatic carbocycles. The van der Waals surface area contributed by atoms with Crippen molar-refractivity contribution in [3.63, 3.8) is 0 Å². The molecule has 1 fully saturated rings. The average molecular weight is 289 g/mol. The van der Waals surface area contributed by atoms with E-state index in [-0.39, 0.29) is 12.5 Å². The van der Waals surface area contributed by atoms with Crippen molar-refractivity contribution in [3.05, 3.63) is 30.3 Å². The Bertz CT molecular complexity index is 615. The molecule has 0 bridgehead atoms. The third-order valence-electron chi connectivity index (χ3n) is 3.28. The summed E-state index contributed by atoms with van der Waals surface area (Å²) in [7, 11) is 0. The number of hydrogen-bond acceptors (Lipinski definition) is 6. The number of morpholine rings is 1. The molecule has 1 saturated heterocycles. The number of ether oxygens (including phenoxy) is 1. The second-order valence-corrected chi connectivity index (χ2v) is 4.76. The number of benzene rings is 1. The highest BCUT2D eigenvalue weighted by Crippen LogP contribution is 2.19. The third kappa shape index (κ3) is 3.00. The molecule has 0 radical (unpaired) electrons. The summed E-state index contributed by atoms with van der Waals surface area (Å²) in [6, 6.07) is 9.57. The number of aliphatic carboxylic acids is 1. The fourth-order valence-electron chi connectivity index (χ4n) is 2.34. The van der Waals surface area contributed by atoms with Crippen molar-refractivity contribution in [2.75, 3.05) is 24.6 Å². The quantitative estimate of drug-likeness (QED) is 0.867. The lowest BCUT2D eigenvalue weighted by Crippen LogP contribution is -2.44. The smallest absolute Gasteiger partial charge is 0.306 e. The summed E-state index contributed by atoms with van der Waals surface area (Å²) in [6.45, 7) is 1.54. The zero-order valence-electron chi connectivity index (χ0n) is 11.3. The minimum atomic E-state index is -0.871. The number of anilines is 1. The van der Waals surface area contributed by atoms with Gasteiger partial charge in [-0.05, 0) is 22.6 Å². The Balaban J connectivity index is 1.81. The van der Waals surface area contributed by atoms with E-state index in [0.29, 0.717) is 25.6 Å². The van der Waals surface area contributed by atoms with Gasteiger partial charge in [0, 0.05) is 13.1 Å². The third-order valence-corrected chi connectivity index (χ3v) is 3.28. The van der Waals surface area contributed by atoms with Crippen LogP contribution in [0, 0.1) is 0 Å². The molecule has 0 amide bonds. The fourth-order valence-corrected chi connectivity index (χ4v) is 2.34. The lowest BCUT2D eigenvalue weighted by atomic mass is 10.2. The summed E-state index contributed by atoms with van der Waals surface area (Å²) in [5.74, 6) is -0.274. The summed E-state index contributed by atoms with van der Waals surface area (Å²) in [5.41, 5.74) is 0.860. The molecule has 1 N–H and O–H groups in total. The van der Waals surface area contributed by atoms with Crippen LogP contribution in [0.1, 0.15) is 6.42 Å². The van der Waals surface area contributed by atoms with Crippen LogP contribution in [-0.4, -0.2) is 57.1 Å². The van der Waals surface area contributed by atoms with Crippen LogP contribution in [-0.2, 0) is 9.53 Å². The van der Waals surface area contributed by atoms with Gasteiger partial charge in [0.1, 0.15) is 0 Å². The second kappa shape index (κ2) is 5.88. The first kappa shape index (κ1) is 13.5. The maximum Gasteiger partial charge on any atom is 0.306 e. The standard InChI is InChI=1S/C13H15N5O3/c19-12(20)8-11-9-17(6-7-21-11)13-14-15-16-18(13)10-4-2-1-3-5-10/h1-5,11H,6-9H2,(H,19,20). The highest BCUT2D eigenvalue weighted by Gasteiger charge is 2.26. The Kier molecular flexibility index (Phi) is 3.78. The average Bonchev–Trinajstić information content (AvgIpc) is 2.97. The first-order chi connectivity index (χ1) is 10.2. The van der Waals surface area contributed by atoms with Crippen LogP contribution in [0.3, 0.4) is 0 Å². The van der Waals surface area contributed by atoms with Crippen LogP contribution in [0.4, 0.5) is 5.95 Å². The molecular formula is C13H15N5O3. The van der Waals surface area contributed by atoms with E-state index in [1.165, 1.54) is 0 Å². The lowest BCUT2D eigenvalue weighted by Gasteiger charge is -2.32. The van der Waals surface area contributed by atoms with E-state index in [9.17, 15) is 4.79 Å². The number of nitrogens with zero attached hydrogens (tertiary/aromatic N) is 5. The van der Waals surface area contributed by atoms with Crippen molar-refractivity contribution in [3.8, 4) is 5.69 Å². The van der Waals surface area contributed by atoms with E-state index in [0.717, 1.165) is 5.69 Å². The molecule has 0 saturated carbocycles. The van der Waals surface area contributed by atoms with Crippen molar-refractivity contribution < 1.29 is 14.6 Å².